The molecule has 5 aromatic rings. The summed E-state index contributed by atoms with van der Waals surface area (Å²) in [6.45, 7) is 5.31. The first-order valence-electron chi connectivity index (χ1n) is 12.4. The van der Waals surface area contributed by atoms with Crippen molar-refractivity contribution in [3.63, 3.8) is 0 Å². The molecule has 1 heterocycles. The van der Waals surface area contributed by atoms with E-state index in [2.05, 4.69) is 119 Å². The van der Waals surface area contributed by atoms with Crippen LogP contribution in [0.2, 0.25) is 0 Å². The molecule has 0 amide bonds. The van der Waals surface area contributed by atoms with Crippen LogP contribution in [0.4, 0.5) is 11.4 Å². The SMILES string of the molecule is C(=Nc1ccc(N2CCN(Cc3ccccc3)CC2)cc1)c1c2ccccc2cc2ccccc12. The minimum absolute atomic E-state index is 0.980. The molecule has 0 N–H and O–H groups in total. The lowest BCUT2D eigenvalue weighted by molar-refractivity contribution is 0.250. The van der Waals surface area contributed by atoms with Crippen molar-refractivity contribution >= 4 is 39.1 Å². The van der Waals surface area contributed by atoms with Crippen molar-refractivity contribution in [2.45, 2.75) is 6.54 Å². The number of fused-ring (bicyclic) bond motifs is 2. The second-order valence-corrected chi connectivity index (χ2v) is 9.26. The number of piperazine rings is 1. The molecule has 5 aromatic carbocycles. The highest BCUT2D eigenvalue weighted by Gasteiger charge is 2.17. The molecular formula is C32H29N3. The van der Waals surface area contributed by atoms with Gasteiger partial charge in [0.25, 0.3) is 0 Å². The average Bonchev–Trinajstić information content (AvgIpc) is 2.92. The van der Waals surface area contributed by atoms with Crippen molar-refractivity contribution in [2.75, 3.05) is 31.1 Å². The van der Waals surface area contributed by atoms with Gasteiger partial charge in [-0.3, -0.25) is 9.89 Å². The van der Waals surface area contributed by atoms with Crippen molar-refractivity contribution < 1.29 is 0 Å². The quantitative estimate of drug-likeness (QED) is 0.209. The van der Waals surface area contributed by atoms with Gasteiger partial charge in [-0.25, -0.2) is 0 Å². The van der Waals surface area contributed by atoms with Crippen LogP contribution < -0.4 is 4.90 Å². The standard InChI is InChI=1S/C32H29N3/c1-2-8-25(9-3-1)24-34-18-20-35(21-19-34)29-16-14-28(15-17-29)33-23-32-30-12-6-4-10-26(30)22-27-11-5-7-13-31(27)32/h1-17,22-23H,18-21,24H2. The van der Waals surface area contributed by atoms with Crippen molar-refractivity contribution in [2.24, 2.45) is 4.99 Å². The van der Waals surface area contributed by atoms with Gasteiger partial charge in [0.1, 0.15) is 0 Å². The lowest BCUT2D eigenvalue weighted by Gasteiger charge is -2.36. The summed E-state index contributed by atoms with van der Waals surface area (Å²) >= 11 is 0. The fourth-order valence-corrected chi connectivity index (χ4v) is 5.08. The van der Waals surface area contributed by atoms with Crippen LogP contribution in [0.1, 0.15) is 11.1 Å². The number of benzene rings is 5. The topological polar surface area (TPSA) is 18.8 Å². The van der Waals surface area contributed by atoms with Crippen LogP contribution in [0.3, 0.4) is 0 Å². The van der Waals surface area contributed by atoms with Crippen LogP contribution in [0, 0.1) is 0 Å². The third-order valence-corrected chi connectivity index (χ3v) is 6.99. The molecule has 0 aromatic heterocycles. The molecule has 1 aliphatic heterocycles. The summed E-state index contributed by atoms with van der Waals surface area (Å²) in [6, 6.07) is 38.8. The van der Waals surface area contributed by atoms with Gasteiger partial charge >= 0.3 is 0 Å². The summed E-state index contributed by atoms with van der Waals surface area (Å²) in [7, 11) is 0. The van der Waals surface area contributed by atoms with E-state index in [0.717, 1.165) is 38.4 Å². The van der Waals surface area contributed by atoms with E-state index in [1.807, 2.05) is 6.21 Å². The van der Waals surface area contributed by atoms with Crippen LogP contribution in [0.5, 0.6) is 0 Å². The van der Waals surface area contributed by atoms with Crippen molar-refractivity contribution in [3.8, 4) is 0 Å². The number of aliphatic imine (C=N–C) groups is 1. The summed E-state index contributed by atoms with van der Waals surface area (Å²) < 4.78 is 0. The zero-order valence-corrected chi connectivity index (χ0v) is 19.8. The number of hydrogen-bond acceptors (Lipinski definition) is 3. The third-order valence-electron chi connectivity index (χ3n) is 6.99. The highest BCUT2D eigenvalue weighted by Crippen LogP contribution is 2.28. The first-order valence-corrected chi connectivity index (χ1v) is 12.4. The Morgan fingerprint density at radius 2 is 1.23 bits per heavy atom. The lowest BCUT2D eigenvalue weighted by atomic mass is 9.97. The molecule has 1 fully saturated rings. The molecule has 1 saturated heterocycles. The smallest absolute Gasteiger partial charge is 0.0631 e. The Labute approximate surface area is 207 Å². The maximum Gasteiger partial charge on any atom is 0.0631 e. The van der Waals surface area contributed by atoms with Crippen LogP contribution >= 0.6 is 0 Å². The van der Waals surface area contributed by atoms with Crippen molar-refractivity contribution in [3.05, 3.63) is 120 Å². The van der Waals surface area contributed by atoms with Gasteiger partial charge in [-0.05, 0) is 57.4 Å². The molecule has 0 saturated carbocycles. The van der Waals surface area contributed by atoms with Gasteiger partial charge in [0, 0.05) is 50.2 Å². The predicted octanol–water partition coefficient (Wildman–Crippen LogP) is 7.07. The minimum Gasteiger partial charge on any atom is -0.369 e. The van der Waals surface area contributed by atoms with Gasteiger partial charge in [-0.15, -0.1) is 0 Å². The zero-order chi connectivity index (χ0) is 23.5. The highest BCUT2D eigenvalue weighted by atomic mass is 15.3. The maximum atomic E-state index is 4.87. The summed E-state index contributed by atoms with van der Waals surface area (Å²) in [6.07, 6.45) is 2.03. The first-order chi connectivity index (χ1) is 17.3. The summed E-state index contributed by atoms with van der Waals surface area (Å²) in [5.41, 5.74) is 4.83. The Morgan fingerprint density at radius 3 is 1.89 bits per heavy atom. The van der Waals surface area contributed by atoms with Crippen molar-refractivity contribution in [1.29, 1.82) is 0 Å². The largest absolute Gasteiger partial charge is 0.369 e. The highest BCUT2D eigenvalue weighted by molar-refractivity contribution is 6.13. The molecule has 6 rings (SSSR count). The molecule has 3 nitrogen and oxygen atoms in total. The van der Waals surface area contributed by atoms with Gasteiger partial charge < -0.3 is 4.90 Å². The van der Waals surface area contributed by atoms with E-state index in [1.54, 1.807) is 0 Å². The van der Waals surface area contributed by atoms with E-state index in [-0.39, 0.29) is 0 Å². The van der Waals surface area contributed by atoms with Crippen LogP contribution in [0.15, 0.2) is 114 Å². The molecule has 0 unspecified atom stereocenters. The normalized spacial score (nSPS) is 14.8. The van der Waals surface area contributed by atoms with E-state index >= 15 is 0 Å². The molecule has 0 aliphatic carbocycles. The summed E-state index contributed by atoms with van der Waals surface area (Å²) in [4.78, 5) is 9.89. The Morgan fingerprint density at radius 1 is 0.629 bits per heavy atom. The molecule has 0 bridgehead atoms. The lowest BCUT2D eigenvalue weighted by Crippen LogP contribution is -2.45. The Hall–Kier alpha value is -3.95. The summed E-state index contributed by atoms with van der Waals surface area (Å²) in [5.74, 6) is 0. The molecule has 0 radical (unpaired) electrons. The zero-order valence-electron chi connectivity index (χ0n) is 19.8. The van der Waals surface area contributed by atoms with E-state index in [1.165, 1.54) is 38.4 Å². The monoisotopic (exact) mass is 455 g/mol. The molecule has 35 heavy (non-hydrogen) atoms. The maximum absolute atomic E-state index is 4.87. The van der Waals surface area contributed by atoms with E-state index in [0.29, 0.717) is 0 Å². The second-order valence-electron chi connectivity index (χ2n) is 9.26. The van der Waals surface area contributed by atoms with Crippen LogP contribution in [-0.2, 0) is 6.54 Å². The van der Waals surface area contributed by atoms with Crippen LogP contribution in [-0.4, -0.2) is 37.3 Å². The van der Waals surface area contributed by atoms with Crippen LogP contribution in [0.25, 0.3) is 21.5 Å². The fraction of sp³-hybridized carbons (Fsp3) is 0.156. The number of nitrogens with zero attached hydrogens (tertiary/aromatic N) is 3. The Balaban J connectivity index is 1.17. The molecular weight excluding hydrogens is 426 g/mol. The molecule has 3 heteroatoms. The van der Waals surface area contributed by atoms with E-state index in [9.17, 15) is 0 Å². The molecule has 1 aliphatic rings. The van der Waals surface area contributed by atoms with Gasteiger partial charge in [-0.1, -0.05) is 78.9 Å². The molecule has 172 valence electrons. The molecule has 0 spiro atoms. The second kappa shape index (κ2) is 9.73. The minimum atomic E-state index is 0.980. The number of hydrogen-bond donors (Lipinski definition) is 0. The number of anilines is 1. The first kappa shape index (κ1) is 21.6. The van der Waals surface area contributed by atoms with Gasteiger partial charge in [-0.2, -0.15) is 0 Å². The Bertz CT molecular complexity index is 1410. The average molecular weight is 456 g/mol. The van der Waals surface area contributed by atoms with E-state index < -0.39 is 0 Å². The van der Waals surface area contributed by atoms with Crippen molar-refractivity contribution in [1.82, 2.24) is 4.90 Å². The molecule has 0 atom stereocenters. The third kappa shape index (κ3) is 4.68. The van der Waals surface area contributed by atoms with Gasteiger partial charge in [0.2, 0.25) is 0 Å². The van der Waals surface area contributed by atoms with E-state index in [4.69, 9.17) is 4.99 Å². The Kier molecular flexibility index (Phi) is 6.00. The summed E-state index contributed by atoms with van der Waals surface area (Å²) in [5, 5.41) is 4.96. The van der Waals surface area contributed by atoms with Gasteiger partial charge in [0.05, 0.1) is 5.69 Å². The fourth-order valence-electron chi connectivity index (χ4n) is 5.08. The predicted molar refractivity (Wildman–Crippen MR) is 149 cm³/mol. The number of rotatable bonds is 5. The van der Waals surface area contributed by atoms with Gasteiger partial charge in [0.15, 0.2) is 0 Å².